The van der Waals surface area contributed by atoms with Crippen LogP contribution in [0.15, 0.2) is 24.3 Å². The first kappa shape index (κ1) is 17.1. The standard InChI is InChI=1S/C16H22N2O5/c1-2-21-9-5-8-17-15(19)16(20)18-10-12-11-22-13-6-3-4-7-14(13)23-12/h3-4,6-7,12H,2,5,8-11H2,1H3,(H,17,19)(H,18,20). The van der Waals surface area contributed by atoms with Gasteiger partial charge in [-0.15, -0.1) is 0 Å². The van der Waals surface area contributed by atoms with Crippen molar-refractivity contribution in [2.45, 2.75) is 19.4 Å². The Morgan fingerprint density at radius 3 is 2.74 bits per heavy atom. The molecular weight excluding hydrogens is 300 g/mol. The van der Waals surface area contributed by atoms with Crippen molar-refractivity contribution in [3.8, 4) is 11.5 Å². The Labute approximate surface area is 135 Å². The highest BCUT2D eigenvalue weighted by molar-refractivity contribution is 6.35. The van der Waals surface area contributed by atoms with Crippen molar-refractivity contribution in [1.82, 2.24) is 10.6 Å². The maximum Gasteiger partial charge on any atom is 0.309 e. The molecule has 2 amide bonds. The third kappa shape index (κ3) is 5.45. The maximum absolute atomic E-state index is 11.7. The molecule has 2 rings (SSSR count). The number of hydrogen-bond donors (Lipinski definition) is 2. The van der Waals surface area contributed by atoms with Crippen molar-refractivity contribution >= 4 is 11.8 Å². The number of rotatable bonds is 7. The number of amides is 2. The minimum absolute atomic E-state index is 0.208. The SMILES string of the molecule is CCOCCCNC(=O)C(=O)NCC1COc2ccccc2O1. The van der Waals surface area contributed by atoms with Gasteiger partial charge in [0, 0.05) is 19.8 Å². The Balaban J connectivity index is 1.66. The lowest BCUT2D eigenvalue weighted by Crippen LogP contribution is -2.46. The van der Waals surface area contributed by atoms with Crippen LogP contribution in [0.25, 0.3) is 0 Å². The highest BCUT2D eigenvalue weighted by Crippen LogP contribution is 2.30. The van der Waals surface area contributed by atoms with E-state index >= 15 is 0 Å². The zero-order valence-electron chi connectivity index (χ0n) is 13.2. The molecule has 1 aromatic rings. The Kier molecular flexibility index (Phi) is 6.68. The van der Waals surface area contributed by atoms with Crippen molar-refractivity contribution in [2.24, 2.45) is 0 Å². The Morgan fingerprint density at radius 1 is 1.22 bits per heavy atom. The van der Waals surface area contributed by atoms with Crippen LogP contribution in [0.3, 0.4) is 0 Å². The molecule has 1 aliphatic heterocycles. The lowest BCUT2D eigenvalue weighted by Gasteiger charge is -2.26. The summed E-state index contributed by atoms with van der Waals surface area (Å²) in [5.74, 6) is -0.0111. The minimum Gasteiger partial charge on any atom is -0.486 e. The maximum atomic E-state index is 11.7. The van der Waals surface area contributed by atoms with Gasteiger partial charge in [0.1, 0.15) is 12.7 Å². The summed E-state index contributed by atoms with van der Waals surface area (Å²) in [6.45, 7) is 4.04. The van der Waals surface area contributed by atoms with Gasteiger partial charge in [-0.1, -0.05) is 12.1 Å². The van der Waals surface area contributed by atoms with E-state index in [9.17, 15) is 9.59 Å². The van der Waals surface area contributed by atoms with Crippen LogP contribution in [0.4, 0.5) is 0 Å². The summed E-state index contributed by atoms with van der Waals surface area (Å²) >= 11 is 0. The van der Waals surface area contributed by atoms with Crippen LogP contribution in [0.2, 0.25) is 0 Å². The number of carbonyl (C=O) groups excluding carboxylic acids is 2. The van der Waals surface area contributed by atoms with E-state index in [-0.39, 0.29) is 12.6 Å². The van der Waals surface area contributed by atoms with Gasteiger partial charge in [-0.05, 0) is 25.5 Å². The Morgan fingerprint density at radius 2 is 1.96 bits per heavy atom. The van der Waals surface area contributed by atoms with Gasteiger partial charge in [0.05, 0.1) is 6.54 Å². The molecule has 1 atom stereocenters. The molecule has 1 heterocycles. The summed E-state index contributed by atoms with van der Waals surface area (Å²) in [5.41, 5.74) is 0. The van der Waals surface area contributed by atoms with Gasteiger partial charge in [-0.2, -0.15) is 0 Å². The van der Waals surface area contributed by atoms with E-state index in [1.54, 1.807) is 6.07 Å². The van der Waals surface area contributed by atoms with Gasteiger partial charge in [0.2, 0.25) is 0 Å². The van der Waals surface area contributed by atoms with Gasteiger partial charge >= 0.3 is 11.8 Å². The first-order chi connectivity index (χ1) is 11.2. The largest absolute Gasteiger partial charge is 0.486 e. The molecule has 0 radical (unpaired) electrons. The van der Waals surface area contributed by atoms with Crippen LogP contribution >= 0.6 is 0 Å². The van der Waals surface area contributed by atoms with Gasteiger partial charge in [0.25, 0.3) is 0 Å². The number of hydrogen-bond acceptors (Lipinski definition) is 5. The molecule has 1 aliphatic rings. The van der Waals surface area contributed by atoms with E-state index in [1.165, 1.54) is 0 Å². The second-order valence-electron chi connectivity index (χ2n) is 5.01. The zero-order chi connectivity index (χ0) is 16.5. The minimum atomic E-state index is -0.677. The van der Waals surface area contributed by atoms with Gasteiger partial charge in [0.15, 0.2) is 11.5 Å². The number of fused-ring (bicyclic) bond motifs is 1. The molecule has 1 aromatic carbocycles. The van der Waals surface area contributed by atoms with E-state index in [4.69, 9.17) is 14.2 Å². The molecule has 0 aliphatic carbocycles. The first-order valence-corrected chi connectivity index (χ1v) is 7.73. The van der Waals surface area contributed by atoms with E-state index in [2.05, 4.69) is 10.6 Å². The lowest BCUT2D eigenvalue weighted by atomic mass is 10.2. The Hall–Kier alpha value is -2.28. The molecule has 0 fully saturated rings. The van der Waals surface area contributed by atoms with Crippen LogP contribution in [0, 0.1) is 0 Å². The molecule has 1 unspecified atom stereocenters. The van der Waals surface area contributed by atoms with Crippen molar-refractivity contribution in [3.63, 3.8) is 0 Å². The van der Waals surface area contributed by atoms with E-state index in [1.807, 2.05) is 25.1 Å². The molecule has 0 spiro atoms. The third-order valence-electron chi connectivity index (χ3n) is 3.22. The molecule has 2 N–H and O–H groups in total. The zero-order valence-corrected chi connectivity index (χ0v) is 13.2. The normalized spacial score (nSPS) is 15.8. The first-order valence-electron chi connectivity index (χ1n) is 7.73. The fraction of sp³-hybridized carbons (Fsp3) is 0.500. The average Bonchev–Trinajstić information content (AvgIpc) is 2.59. The van der Waals surface area contributed by atoms with Crippen LogP contribution in [0.1, 0.15) is 13.3 Å². The van der Waals surface area contributed by atoms with Gasteiger partial charge in [-0.3, -0.25) is 9.59 Å². The molecule has 0 bridgehead atoms. The number of ether oxygens (including phenoxy) is 3. The smallest absolute Gasteiger partial charge is 0.309 e. The van der Waals surface area contributed by atoms with Crippen LogP contribution < -0.4 is 20.1 Å². The van der Waals surface area contributed by atoms with Crippen LogP contribution in [-0.2, 0) is 14.3 Å². The quantitative estimate of drug-likeness (QED) is 0.563. The fourth-order valence-electron chi connectivity index (χ4n) is 2.05. The molecule has 0 aromatic heterocycles. The van der Waals surface area contributed by atoms with Gasteiger partial charge in [-0.25, -0.2) is 0 Å². The summed E-state index contributed by atoms with van der Waals surface area (Å²) in [6, 6.07) is 7.33. The Bertz CT molecular complexity index is 535. The second-order valence-corrected chi connectivity index (χ2v) is 5.01. The molecule has 0 saturated heterocycles. The molecule has 7 heteroatoms. The third-order valence-corrected chi connectivity index (χ3v) is 3.22. The highest BCUT2D eigenvalue weighted by Gasteiger charge is 2.22. The highest BCUT2D eigenvalue weighted by atomic mass is 16.6. The van der Waals surface area contributed by atoms with Crippen LogP contribution in [0.5, 0.6) is 11.5 Å². The summed E-state index contributed by atoms with van der Waals surface area (Å²) in [6.07, 6.45) is 0.350. The number of benzene rings is 1. The average molecular weight is 322 g/mol. The number of carbonyl (C=O) groups is 2. The second kappa shape index (κ2) is 8.99. The lowest BCUT2D eigenvalue weighted by molar-refractivity contribution is -0.139. The molecule has 23 heavy (non-hydrogen) atoms. The van der Waals surface area contributed by atoms with Crippen molar-refractivity contribution in [2.75, 3.05) is 32.9 Å². The number of para-hydroxylation sites is 2. The van der Waals surface area contributed by atoms with E-state index in [0.29, 0.717) is 44.3 Å². The topological polar surface area (TPSA) is 85.9 Å². The molecule has 0 saturated carbocycles. The monoisotopic (exact) mass is 322 g/mol. The number of nitrogens with one attached hydrogen (secondary N) is 2. The summed E-state index contributed by atoms with van der Waals surface area (Å²) in [7, 11) is 0. The molecular formula is C16H22N2O5. The van der Waals surface area contributed by atoms with E-state index < -0.39 is 11.8 Å². The summed E-state index contributed by atoms with van der Waals surface area (Å²) in [5, 5.41) is 5.09. The molecule has 126 valence electrons. The van der Waals surface area contributed by atoms with E-state index in [0.717, 1.165) is 0 Å². The van der Waals surface area contributed by atoms with Crippen molar-refractivity contribution < 1.29 is 23.8 Å². The summed E-state index contributed by atoms with van der Waals surface area (Å²) in [4.78, 5) is 23.3. The van der Waals surface area contributed by atoms with Crippen molar-refractivity contribution in [1.29, 1.82) is 0 Å². The predicted octanol–water partition coefficient (Wildman–Crippen LogP) is 0.485. The summed E-state index contributed by atoms with van der Waals surface area (Å²) < 4.78 is 16.4. The van der Waals surface area contributed by atoms with Crippen molar-refractivity contribution in [3.05, 3.63) is 24.3 Å². The van der Waals surface area contributed by atoms with Gasteiger partial charge < -0.3 is 24.8 Å². The fourth-order valence-corrected chi connectivity index (χ4v) is 2.05. The predicted molar refractivity (Wildman–Crippen MR) is 83.5 cm³/mol. The molecule has 7 nitrogen and oxygen atoms in total. The van der Waals surface area contributed by atoms with Crippen LogP contribution in [-0.4, -0.2) is 50.8 Å².